The summed E-state index contributed by atoms with van der Waals surface area (Å²) in [5.41, 5.74) is 3.49. The highest BCUT2D eigenvalue weighted by atomic mass is 16.5. The van der Waals surface area contributed by atoms with Crippen molar-refractivity contribution in [2.45, 2.75) is 19.8 Å². The standard InChI is InChI=1S/C22H19N3O2/c1-15-20(21(25-27-15)17-5-3-2-4-6-17)10-9-19-13-18(11-12-23-19)22(26)24-14-16-7-8-16/h2-6,11-13,16H,7-8,14H2,1H3,(H,24,26). The lowest BCUT2D eigenvalue weighted by molar-refractivity contribution is 0.0951. The minimum Gasteiger partial charge on any atom is -0.360 e. The van der Waals surface area contributed by atoms with E-state index >= 15 is 0 Å². The zero-order valence-corrected chi connectivity index (χ0v) is 15.0. The maximum atomic E-state index is 12.2. The van der Waals surface area contributed by atoms with E-state index < -0.39 is 0 Å². The molecule has 4 rings (SSSR count). The van der Waals surface area contributed by atoms with Crippen LogP contribution in [0.5, 0.6) is 0 Å². The molecule has 1 aromatic carbocycles. The molecule has 1 amide bonds. The third kappa shape index (κ3) is 4.06. The summed E-state index contributed by atoms with van der Waals surface area (Å²) in [5.74, 6) is 7.34. The van der Waals surface area contributed by atoms with Gasteiger partial charge in [0.15, 0.2) is 0 Å². The Morgan fingerprint density at radius 3 is 2.81 bits per heavy atom. The van der Waals surface area contributed by atoms with Crippen molar-refractivity contribution < 1.29 is 9.32 Å². The molecule has 0 aliphatic heterocycles. The van der Waals surface area contributed by atoms with Gasteiger partial charge < -0.3 is 9.84 Å². The Hall–Kier alpha value is -3.39. The first-order valence-corrected chi connectivity index (χ1v) is 8.98. The Kier molecular flexibility index (Phi) is 4.71. The quantitative estimate of drug-likeness (QED) is 0.725. The van der Waals surface area contributed by atoms with Crippen LogP contribution in [-0.2, 0) is 0 Å². The predicted octanol–water partition coefficient (Wildman–Crippen LogP) is 3.58. The van der Waals surface area contributed by atoms with Crippen LogP contribution >= 0.6 is 0 Å². The van der Waals surface area contributed by atoms with E-state index in [2.05, 4.69) is 27.3 Å². The molecule has 5 heteroatoms. The number of amides is 1. The molecule has 0 unspecified atom stereocenters. The molecule has 0 radical (unpaired) electrons. The smallest absolute Gasteiger partial charge is 0.251 e. The summed E-state index contributed by atoms with van der Waals surface area (Å²) in [7, 11) is 0. The van der Waals surface area contributed by atoms with Crippen LogP contribution in [0, 0.1) is 24.7 Å². The molecular weight excluding hydrogens is 338 g/mol. The van der Waals surface area contributed by atoms with Crippen LogP contribution in [0.2, 0.25) is 0 Å². The average molecular weight is 357 g/mol. The largest absolute Gasteiger partial charge is 0.360 e. The number of hydrogen-bond donors (Lipinski definition) is 1. The van der Waals surface area contributed by atoms with E-state index in [4.69, 9.17) is 4.52 Å². The number of aromatic nitrogens is 2. The fourth-order valence-electron chi connectivity index (χ4n) is 2.74. The number of carbonyl (C=O) groups excluding carboxylic acids is 1. The maximum Gasteiger partial charge on any atom is 0.251 e. The van der Waals surface area contributed by atoms with Gasteiger partial charge >= 0.3 is 0 Å². The molecule has 3 aromatic rings. The van der Waals surface area contributed by atoms with E-state index in [1.54, 1.807) is 18.3 Å². The van der Waals surface area contributed by atoms with Gasteiger partial charge in [-0.3, -0.25) is 4.79 Å². The summed E-state index contributed by atoms with van der Waals surface area (Å²) in [5, 5.41) is 7.09. The number of rotatable bonds is 4. The SMILES string of the molecule is Cc1onc(-c2ccccc2)c1C#Cc1cc(C(=O)NCC2CC2)ccn1. The van der Waals surface area contributed by atoms with E-state index in [1.165, 1.54) is 12.8 Å². The topological polar surface area (TPSA) is 68.0 Å². The number of benzene rings is 1. The zero-order valence-electron chi connectivity index (χ0n) is 15.0. The minimum absolute atomic E-state index is 0.0847. The van der Waals surface area contributed by atoms with E-state index in [0.717, 1.165) is 17.7 Å². The Bertz CT molecular complexity index is 1020. The number of pyridine rings is 1. The normalized spacial score (nSPS) is 12.9. The van der Waals surface area contributed by atoms with Gasteiger partial charge in [-0.1, -0.05) is 41.4 Å². The highest BCUT2D eigenvalue weighted by Crippen LogP contribution is 2.27. The van der Waals surface area contributed by atoms with Crippen LogP contribution in [0.25, 0.3) is 11.3 Å². The van der Waals surface area contributed by atoms with Gasteiger partial charge in [0.25, 0.3) is 5.91 Å². The predicted molar refractivity (Wildman–Crippen MR) is 102 cm³/mol. The lowest BCUT2D eigenvalue weighted by Crippen LogP contribution is -2.25. The van der Waals surface area contributed by atoms with Crippen LogP contribution in [0.1, 0.15) is 40.2 Å². The molecule has 1 N–H and O–H groups in total. The third-order valence-electron chi connectivity index (χ3n) is 4.50. The molecule has 2 aromatic heterocycles. The van der Waals surface area contributed by atoms with E-state index in [-0.39, 0.29) is 5.91 Å². The Morgan fingerprint density at radius 1 is 1.22 bits per heavy atom. The second-order valence-corrected chi connectivity index (χ2v) is 6.66. The average Bonchev–Trinajstić information content (AvgIpc) is 3.47. The summed E-state index contributed by atoms with van der Waals surface area (Å²) in [6.07, 6.45) is 4.01. The monoisotopic (exact) mass is 357 g/mol. The number of carbonyl (C=O) groups is 1. The van der Waals surface area contributed by atoms with Gasteiger partial charge in [-0.25, -0.2) is 4.98 Å². The summed E-state index contributed by atoms with van der Waals surface area (Å²) in [4.78, 5) is 16.5. The molecule has 1 saturated carbocycles. The molecule has 1 aliphatic carbocycles. The Labute approximate surface area is 157 Å². The van der Waals surface area contributed by atoms with Gasteiger partial charge in [-0.15, -0.1) is 0 Å². The van der Waals surface area contributed by atoms with Crippen molar-refractivity contribution in [2.75, 3.05) is 6.54 Å². The van der Waals surface area contributed by atoms with Gasteiger partial charge in [-0.2, -0.15) is 0 Å². The number of hydrogen-bond acceptors (Lipinski definition) is 4. The molecule has 0 spiro atoms. The van der Waals surface area contributed by atoms with Crippen molar-refractivity contribution in [1.29, 1.82) is 0 Å². The first-order chi connectivity index (χ1) is 13.2. The summed E-state index contributed by atoms with van der Waals surface area (Å²) in [6, 6.07) is 13.2. The fraction of sp³-hybridized carbons (Fsp3) is 0.227. The van der Waals surface area contributed by atoms with E-state index in [1.807, 2.05) is 37.3 Å². The summed E-state index contributed by atoms with van der Waals surface area (Å²) >= 11 is 0. The first kappa shape index (κ1) is 17.0. The van der Waals surface area contributed by atoms with Crippen LogP contribution in [0.3, 0.4) is 0 Å². The van der Waals surface area contributed by atoms with Crippen molar-refractivity contribution >= 4 is 5.91 Å². The third-order valence-corrected chi connectivity index (χ3v) is 4.50. The van der Waals surface area contributed by atoms with E-state index in [9.17, 15) is 4.79 Å². The minimum atomic E-state index is -0.0847. The maximum absolute atomic E-state index is 12.2. The van der Waals surface area contributed by atoms with Crippen LogP contribution < -0.4 is 5.32 Å². The van der Waals surface area contributed by atoms with Crippen LogP contribution in [-0.4, -0.2) is 22.6 Å². The molecule has 0 atom stereocenters. The lowest BCUT2D eigenvalue weighted by atomic mass is 10.1. The molecule has 1 aliphatic rings. The highest BCUT2D eigenvalue weighted by molar-refractivity contribution is 5.94. The van der Waals surface area contributed by atoms with Gasteiger partial charge in [-0.05, 0) is 43.7 Å². The van der Waals surface area contributed by atoms with Crippen molar-refractivity contribution in [1.82, 2.24) is 15.5 Å². The van der Waals surface area contributed by atoms with Gasteiger partial charge in [0.2, 0.25) is 0 Å². The Balaban J connectivity index is 1.57. The van der Waals surface area contributed by atoms with Crippen molar-refractivity contribution in [2.24, 2.45) is 5.92 Å². The highest BCUT2D eigenvalue weighted by Gasteiger charge is 2.21. The summed E-state index contributed by atoms with van der Waals surface area (Å²) < 4.78 is 5.32. The van der Waals surface area contributed by atoms with Gasteiger partial charge in [0.1, 0.15) is 17.1 Å². The molecule has 0 bridgehead atoms. The van der Waals surface area contributed by atoms with Crippen LogP contribution in [0.15, 0.2) is 53.2 Å². The second-order valence-electron chi connectivity index (χ2n) is 6.66. The molecule has 134 valence electrons. The lowest BCUT2D eigenvalue weighted by Gasteiger charge is -2.03. The molecule has 5 nitrogen and oxygen atoms in total. The summed E-state index contributed by atoms with van der Waals surface area (Å²) in [6.45, 7) is 2.57. The molecule has 0 saturated heterocycles. The number of nitrogens with zero attached hydrogens (tertiary/aromatic N) is 2. The van der Waals surface area contributed by atoms with Gasteiger partial charge in [0.05, 0.1) is 5.56 Å². The van der Waals surface area contributed by atoms with Crippen LogP contribution in [0.4, 0.5) is 0 Å². The Morgan fingerprint density at radius 2 is 2.04 bits per heavy atom. The molecular formula is C22H19N3O2. The van der Waals surface area contributed by atoms with Gasteiger partial charge in [0, 0.05) is 23.9 Å². The fourth-order valence-corrected chi connectivity index (χ4v) is 2.74. The van der Waals surface area contributed by atoms with Crippen molar-refractivity contribution in [3.05, 3.63) is 71.2 Å². The zero-order chi connectivity index (χ0) is 18.6. The van der Waals surface area contributed by atoms with Crippen molar-refractivity contribution in [3.8, 4) is 23.1 Å². The van der Waals surface area contributed by atoms with E-state index in [0.29, 0.717) is 28.6 Å². The number of nitrogens with one attached hydrogen (secondary N) is 1. The molecule has 27 heavy (non-hydrogen) atoms. The van der Waals surface area contributed by atoms with Crippen molar-refractivity contribution in [3.63, 3.8) is 0 Å². The first-order valence-electron chi connectivity index (χ1n) is 8.98. The number of aryl methyl sites for hydroxylation is 1. The molecule has 1 fully saturated rings. The second kappa shape index (κ2) is 7.46. The molecule has 2 heterocycles.